The Balaban J connectivity index is 2.17. The summed E-state index contributed by atoms with van der Waals surface area (Å²) in [5, 5.41) is 5.38. The number of carbonyl (C=O) groups is 1. The predicted octanol–water partition coefficient (Wildman–Crippen LogP) is 3.00. The summed E-state index contributed by atoms with van der Waals surface area (Å²) in [6.45, 7) is 9.24. The summed E-state index contributed by atoms with van der Waals surface area (Å²) < 4.78 is 5.67. The van der Waals surface area contributed by atoms with E-state index in [1.807, 2.05) is 20.8 Å². The number of ether oxygens (including phenoxy) is 1. The van der Waals surface area contributed by atoms with E-state index >= 15 is 0 Å². The highest BCUT2D eigenvalue weighted by Crippen LogP contribution is 2.28. The van der Waals surface area contributed by atoms with Gasteiger partial charge >= 0.3 is 5.97 Å². The van der Waals surface area contributed by atoms with Gasteiger partial charge in [0, 0.05) is 18.0 Å². The normalized spacial score (nSPS) is 20.0. The molecule has 0 saturated carbocycles. The van der Waals surface area contributed by atoms with Gasteiger partial charge in [0.05, 0.1) is 5.41 Å². The van der Waals surface area contributed by atoms with Gasteiger partial charge in [0.25, 0.3) is 0 Å². The highest BCUT2D eigenvalue weighted by molar-refractivity contribution is 7.10. The third-order valence-corrected chi connectivity index (χ3v) is 3.93. The molecule has 0 fully saturated rings. The minimum absolute atomic E-state index is 0.154. The lowest BCUT2D eigenvalue weighted by Gasteiger charge is -2.28. The van der Waals surface area contributed by atoms with Crippen LogP contribution in [-0.2, 0) is 9.53 Å². The fourth-order valence-corrected chi connectivity index (χ4v) is 2.66. The molecule has 0 saturated heterocycles. The van der Waals surface area contributed by atoms with E-state index in [-0.39, 0.29) is 12.1 Å². The first-order chi connectivity index (χ1) is 8.88. The standard InChI is InChI=1S/C15H21NO2S/c1-10-7-11(9-19-10)12-5-6-16-8-13(12)18-14(17)15(2,3)4/h5,7,9,13,16H,6,8H2,1-4H3. The average molecular weight is 279 g/mol. The maximum absolute atomic E-state index is 12.0. The summed E-state index contributed by atoms with van der Waals surface area (Å²) in [5.74, 6) is -0.154. The molecule has 1 aromatic rings. The molecule has 0 aliphatic carbocycles. The van der Waals surface area contributed by atoms with Gasteiger partial charge in [-0.1, -0.05) is 6.08 Å². The molecule has 3 nitrogen and oxygen atoms in total. The zero-order chi connectivity index (χ0) is 14.0. The van der Waals surface area contributed by atoms with Crippen LogP contribution in [0.5, 0.6) is 0 Å². The van der Waals surface area contributed by atoms with Crippen LogP contribution in [0.25, 0.3) is 5.57 Å². The van der Waals surface area contributed by atoms with Crippen molar-refractivity contribution >= 4 is 22.9 Å². The zero-order valence-corrected chi connectivity index (χ0v) is 12.8. The smallest absolute Gasteiger partial charge is 0.311 e. The van der Waals surface area contributed by atoms with E-state index < -0.39 is 5.41 Å². The average Bonchev–Trinajstić information content (AvgIpc) is 2.75. The Morgan fingerprint density at radius 1 is 1.47 bits per heavy atom. The van der Waals surface area contributed by atoms with Crippen LogP contribution in [0.4, 0.5) is 0 Å². The highest BCUT2D eigenvalue weighted by Gasteiger charge is 2.29. The van der Waals surface area contributed by atoms with E-state index in [2.05, 4.69) is 29.8 Å². The second-order valence-electron chi connectivity index (χ2n) is 5.91. The van der Waals surface area contributed by atoms with E-state index in [9.17, 15) is 4.79 Å². The fourth-order valence-electron chi connectivity index (χ4n) is 1.95. The molecule has 4 heteroatoms. The van der Waals surface area contributed by atoms with Crippen molar-refractivity contribution in [3.8, 4) is 0 Å². The molecule has 0 radical (unpaired) electrons. The molecule has 2 heterocycles. The minimum Gasteiger partial charge on any atom is -0.456 e. The summed E-state index contributed by atoms with van der Waals surface area (Å²) in [6, 6.07) is 2.15. The number of nitrogens with one attached hydrogen (secondary N) is 1. The number of carbonyl (C=O) groups excluding carboxylic acids is 1. The molecule has 0 aromatic carbocycles. The van der Waals surface area contributed by atoms with Crippen LogP contribution in [0.1, 0.15) is 31.2 Å². The number of rotatable bonds is 2. The molecule has 1 unspecified atom stereocenters. The van der Waals surface area contributed by atoms with E-state index in [0.29, 0.717) is 6.54 Å². The minimum atomic E-state index is -0.465. The lowest BCUT2D eigenvalue weighted by Crippen LogP contribution is -2.38. The van der Waals surface area contributed by atoms with Crippen molar-refractivity contribution in [3.63, 3.8) is 0 Å². The van der Waals surface area contributed by atoms with Gasteiger partial charge < -0.3 is 10.1 Å². The Hall–Kier alpha value is -1.13. The lowest BCUT2D eigenvalue weighted by molar-refractivity contribution is -0.155. The Bertz CT molecular complexity index is 496. The summed E-state index contributed by atoms with van der Waals surface area (Å²) in [4.78, 5) is 13.3. The molecular formula is C15H21NO2S. The quantitative estimate of drug-likeness (QED) is 0.846. The van der Waals surface area contributed by atoms with E-state index in [0.717, 1.165) is 12.1 Å². The molecule has 0 amide bonds. The maximum atomic E-state index is 12.0. The molecule has 104 valence electrons. The maximum Gasteiger partial charge on any atom is 0.311 e. The number of thiophene rings is 1. The largest absolute Gasteiger partial charge is 0.456 e. The van der Waals surface area contributed by atoms with Crippen LogP contribution in [-0.4, -0.2) is 25.2 Å². The summed E-state index contributed by atoms with van der Waals surface area (Å²) >= 11 is 1.72. The number of hydrogen-bond donors (Lipinski definition) is 1. The molecule has 0 bridgehead atoms. The van der Waals surface area contributed by atoms with Gasteiger partial charge in [-0.05, 0) is 50.3 Å². The van der Waals surface area contributed by atoms with Crippen molar-refractivity contribution in [3.05, 3.63) is 28.0 Å². The first-order valence-electron chi connectivity index (χ1n) is 6.55. The zero-order valence-electron chi connectivity index (χ0n) is 11.9. The van der Waals surface area contributed by atoms with Crippen molar-refractivity contribution in [1.82, 2.24) is 5.32 Å². The van der Waals surface area contributed by atoms with Gasteiger partial charge in [-0.15, -0.1) is 11.3 Å². The van der Waals surface area contributed by atoms with Crippen LogP contribution in [0.15, 0.2) is 17.5 Å². The second-order valence-corrected chi connectivity index (χ2v) is 7.02. The molecule has 1 aromatic heterocycles. The first-order valence-corrected chi connectivity index (χ1v) is 7.43. The van der Waals surface area contributed by atoms with E-state index in [4.69, 9.17) is 4.74 Å². The Kier molecular flexibility index (Phi) is 4.11. The van der Waals surface area contributed by atoms with Crippen molar-refractivity contribution < 1.29 is 9.53 Å². The molecule has 0 spiro atoms. The third-order valence-electron chi connectivity index (χ3n) is 3.07. The third kappa shape index (κ3) is 3.45. The molecule has 1 aliphatic rings. The van der Waals surface area contributed by atoms with Gasteiger partial charge in [0.1, 0.15) is 6.10 Å². The molecule has 19 heavy (non-hydrogen) atoms. The van der Waals surface area contributed by atoms with Gasteiger partial charge in [-0.25, -0.2) is 0 Å². The number of esters is 1. The Morgan fingerprint density at radius 3 is 2.79 bits per heavy atom. The molecule has 2 rings (SSSR count). The second kappa shape index (κ2) is 5.47. The molecule has 1 N–H and O–H groups in total. The van der Waals surface area contributed by atoms with Crippen LogP contribution < -0.4 is 5.32 Å². The van der Waals surface area contributed by atoms with Crippen molar-refractivity contribution in [1.29, 1.82) is 0 Å². The van der Waals surface area contributed by atoms with E-state index in [1.54, 1.807) is 11.3 Å². The van der Waals surface area contributed by atoms with Crippen molar-refractivity contribution in [2.45, 2.75) is 33.8 Å². The molecular weight excluding hydrogens is 258 g/mol. The summed E-state index contributed by atoms with van der Waals surface area (Å²) in [6.07, 6.45) is 1.93. The lowest BCUT2D eigenvalue weighted by atomic mass is 9.96. The Morgan fingerprint density at radius 2 is 2.21 bits per heavy atom. The number of aryl methyl sites for hydroxylation is 1. The molecule has 1 aliphatic heterocycles. The van der Waals surface area contributed by atoms with Crippen LogP contribution in [0, 0.1) is 12.3 Å². The predicted molar refractivity (Wildman–Crippen MR) is 79.2 cm³/mol. The molecule has 1 atom stereocenters. The SMILES string of the molecule is Cc1cc(C2=CCNCC2OC(=O)C(C)(C)C)cs1. The topological polar surface area (TPSA) is 38.3 Å². The fraction of sp³-hybridized carbons (Fsp3) is 0.533. The van der Waals surface area contributed by atoms with E-state index in [1.165, 1.54) is 10.4 Å². The summed E-state index contributed by atoms with van der Waals surface area (Å²) in [5.41, 5.74) is 1.84. The number of hydrogen-bond acceptors (Lipinski definition) is 4. The van der Waals surface area contributed by atoms with Gasteiger partial charge in [-0.2, -0.15) is 0 Å². The highest BCUT2D eigenvalue weighted by atomic mass is 32.1. The summed E-state index contributed by atoms with van der Waals surface area (Å²) in [7, 11) is 0. The monoisotopic (exact) mass is 279 g/mol. The van der Waals surface area contributed by atoms with Crippen LogP contribution >= 0.6 is 11.3 Å². The van der Waals surface area contributed by atoms with Crippen molar-refractivity contribution in [2.75, 3.05) is 13.1 Å². The Labute approximate surface area is 118 Å². The first kappa shape index (κ1) is 14.3. The van der Waals surface area contributed by atoms with Crippen LogP contribution in [0.3, 0.4) is 0 Å². The van der Waals surface area contributed by atoms with Crippen LogP contribution in [0.2, 0.25) is 0 Å². The van der Waals surface area contributed by atoms with Crippen molar-refractivity contribution in [2.24, 2.45) is 5.41 Å². The van der Waals surface area contributed by atoms with Gasteiger partial charge in [0.15, 0.2) is 0 Å². The van der Waals surface area contributed by atoms with Gasteiger partial charge in [0.2, 0.25) is 0 Å². The van der Waals surface area contributed by atoms with Gasteiger partial charge in [-0.3, -0.25) is 4.79 Å².